The molecule has 0 saturated carbocycles. The number of H-pyrrole nitrogens is 1. The fourth-order valence-electron chi connectivity index (χ4n) is 3.62. The van der Waals surface area contributed by atoms with E-state index in [0.29, 0.717) is 23.3 Å². The molecule has 1 aliphatic rings. The first-order chi connectivity index (χ1) is 13.2. The fourth-order valence-corrected chi connectivity index (χ4v) is 3.62. The zero-order chi connectivity index (χ0) is 18.4. The molecular formula is C19H18FN5O2. The summed E-state index contributed by atoms with van der Waals surface area (Å²) in [5.74, 6) is -0.791. The van der Waals surface area contributed by atoms with Crippen LogP contribution in [-0.4, -0.2) is 45.4 Å². The number of hydrogen-bond donors (Lipinski definition) is 2. The van der Waals surface area contributed by atoms with E-state index in [1.807, 2.05) is 10.5 Å². The Morgan fingerprint density at radius 1 is 1.19 bits per heavy atom. The van der Waals surface area contributed by atoms with Crippen molar-refractivity contribution in [3.63, 3.8) is 0 Å². The molecule has 8 heteroatoms. The van der Waals surface area contributed by atoms with Gasteiger partial charge in [0.1, 0.15) is 11.5 Å². The summed E-state index contributed by atoms with van der Waals surface area (Å²) in [6.07, 6.45) is 1.47. The minimum atomic E-state index is -0.486. The van der Waals surface area contributed by atoms with E-state index in [9.17, 15) is 9.18 Å². The lowest BCUT2D eigenvalue weighted by atomic mass is 10.1. The standard InChI is InChI=1S/C19H18FN5O2/c20-13-2-4-17-23-18(12-1-3-14-16(9-12)27-19(26)22-14)15(25(17)10-13)11-24-7-5-21-6-8-24/h1-4,9-10,21H,5-8,11H2,(H,22,26). The summed E-state index contributed by atoms with van der Waals surface area (Å²) < 4.78 is 20.9. The highest BCUT2D eigenvalue weighted by molar-refractivity contribution is 5.80. The van der Waals surface area contributed by atoms with Crippen molar-refractivity contribution in [3.05, 3.63) is 58.6 Å². The van der Waals surface area contributed by atoms with Crippen molar-refractivity contribution in [1.29, 1.82) is 0 Å². The van der Waals surface area contributed by atoms with E-state index in [0.717, 1.165) is 43.1 Å². The van der Waals surface area contributed by atoms with Crippen LogP contribution in [0.15, 0.2) is 45.7 Å². The zero-order valence-electron chi connectivity index (χ0n) is 14.5. The summed E-state index contributed by atoms with van der Waals surface area (Å²) >= 11 is 0. The number of aromatic amines is 1. The normalized spacial score (nSPS) is 15.7. The van der Waals surface area contributed by atoms with Gasteiger partial charge in [-0.3, -0.25) is 14.3 Å². The number of pyridine rings is 1. The van der Waals surface area contributed by atoms with E-state index in [4.69, 9.17) is 9.40 Å². The zero-order valence-corrected chi connectivity index (χ0v) is 14.5. The molecule has 4 aromatic rings. The summed E-state index contributed by atoms with van der Waals surface area (Å²) in [4.78, 5) is 21.1. The molecule has 0 bridgehead atoms. The number of nitrogens with zero attached hydrogens (tertiary/aromatic N) is 3. The number of piperazine rings is 1. The van der Waals surface area contributed by atoms with E-state index < -0.39 is 5.76 Å². The van der Waals surface area contributed by atoms with Gasteiger partial charge < -0.3 is 9.73 Å². The molecule has 5 rings (SSSR count). The van der Waals surface area contributed by atoms with Crippen LogP contribution >= 0.6 is 0 Å². The van der Waals surface area contributed by atoms with Gasteiger partial charge in [-0.15, -0.1) is 0 Å². The number of fused-ring (bicyclic) bond motifs is 2. The third kappa shape index (κ3) is 2.92. The lowest BCUT2D eigenvalue weighted by Gasteiger charge is -2.27. The Morgan fingerprint density at radius 2 is 2.04 bits per heavy atom. The van der Waals surface area contributed by atoms with Gasteiger partial charge in [0.05, 0.1) is 16.9 Å². The Kier molecular flexibility index (Phi) is 3.80. The van der Waals surface area contributed by atoms with Crippen LogP contribution in [0.25, 0.3) is 28.0 Å². The molecule has 1 aliphatic heterocycles. The third-order valence-corrected chi connectivity index (χ3v) is 4.96. The highest BCUT2D eigenvalue weighted by Crippen LogP contribution is 2.28. The molecule has 1 fully saturated rings. The second-order valence-electron chi connectivity index (χ2n) is 6.73. The number of nitrogens with one attached hydrogen (secondary N) is 2. The maximum Gasteiger partial charge on any atom is 0.417 e. The van der Waals surface area contributed by atoms with Gasteiger partial charge in [0, 0.05) is 44.5 Å². The second-order valence-corrected chi connectivity index (χ2v) is 6.73. The molecule has 2 N–H and O–H groups in total. The van der Waals surface area contributed by atoms with Crippen LogP contribution in [0.5, 0.6) is 0 Å². The van der Waals surface area contributed by atoms with Gasteiger partial charge in [0.15, 0.2) is 5.58 Å². The van der Waals surface area contributed by atoms with E-state index in [2.05, 4.69) is 15.2 Å². The summed E-state index contributed by atoms with van der Waals surface area (Å²) in [5.41, 5.74) is 4.33. The van der Waals surface area contributed by atoms with Crippen LogP contribution in [0.2, 0.25) is 0 Å². The van der Waals surface area contributed by atoms with E-state index in [1.54, 1.807) is 18.2 Å². The van der Waals surface area contributed by atoms with Crippen molar-refractivity contribution in [2.45, 2.75) is 6.54 Å². The monoisotopic (exact) mass is 367 g/mol. The van der Waals surface area contributed by atoms with Crippen LogP contribution < -0.4 is 11.1 Å². The number of benzene rings is 1. The molecule has 0 atom stereocenters. The maximum atomic E-state index is 13.9. The molecule has 1 aromatic carbocycles. The highest BCUT2D eigenvalue weighted by atomic mass is 19.1. The number of hydrogen-bond acceptors (Lipinski definition) is 5. The average molecular weight is 367 g/mol. The van der Waals surface area contributed by atoms with Crippen LogP contribution in [0.3, 0.4) is 0 Å². The Balaban J connectivity index is 1.66. The second kappa shape index (κ2) is 6.33. The number of aromatic nitrogens is 3. The van der Waals surface area contributed by atoms with Crippen molar-refractivity contribution in [3.8, 4) is 11.3 Å². The number of imidazole rings is 1. The fraction of sp³-hybridized carbons (Fsp3) is 0.263. The lowest BCUT2D eigenvalue weighted by Crippen LogP contribution is -2.43. The largest absolute Gasteiger partial charge is 0.417 e. The molecular weight excluding hydrogens is 349 g/mol. The highest BCUT2D eigenvalue weighted by Gasteiger charge is 2.19. The van der Waals surface area contributed by atoms with Crippen molar-refractivity contribution in [2.75, 3.05) is 26.2 Å². The molecule has 0 spiro atoms. The van der Waals surface area contributed by atoms with E-state index >= 15 is 0 Å². The molecule has 0 radical (unpaired) electrons. The Hall–Kier alpha value is -2.97. The first-order valence-electron chi connectivity index (χ1n) is 8.90. The molecule has 138 valence electrons. The molecule has 1 saturated heterocycles. The number of rotatable bonds is 3. The molecule has 3 aromatic heterocycles. The molecule has 0 aliphatic carbocycles. The van der Waals surface area contributed by atoms with Crippen molar-refractivity contribution in [2.24, 2.45) is 0 Å². The van der Waals surface area contributed by atoms with E-state index in [1.165, 1.54) is 12.3 Å². The molecule has 0 unspecified atom stereocenters. The molecule has 7 nitrogen and oxygen atoms in total. The smallest absolute Gasteiger partial charge is 0.408 e. The van der Waals surface area contributed by atoms with Gasteiger partial charge >= 0.3 is 5.76 Å². The summed E-state index contributed by atoms with van der Waals surface area (Å²) in [5, 5.41) is 3.34. The van der Waals surface area contributed by atoms with Crippen molar-refractivity contribution in [1.82, 2.24) is 24.6 Å². The van der Waals surface area contributed by atoms with Gasteiger partial charge in [0.25, 0.3) is 0 Å². The minimum absolute atomic E-state index is 0.305. The maximum absolute atomic E-state index is 13.9. The predicted octanol–water partition coefficient (Wildman–Crippen LogP) is 1.98. The van der Waals surface area contributed by atoms with Gasteiger partial charge in [0.2, 0.25) is 0 Å². The molecule has 27 heavy (non-hydrogen) atoms. The Morgan fingerprint density at radius 3 is 2.89 bits per heavy atom. The topological polar surface area (TPSA) is 78.6 Å². The SMILES string of the molecule is O=c1[nH]c2ccc(-c3nc4ccc(F)cn4c3CN3CCNCC3)cc2o1. The number of oxazole rings is 1. The van der Waals surface area contributed by atoms with Crippen LogP contribution in [0, 0.1) is 5.82 Å². The van der Waals surface area contributed by atoms with Crippen LogP contribution in [-0.2, 0) is 6.54 Å². The van der Waals surface area contributed by atoms with Gasteiger partial charge in [-0.2, -0.15) is 0 Å². The van der Waals surface area contributed by atoms with Crippen molar-refractivity contribution < 1.29 is 8.81 Å². The third-order valence-electron chi connectivity index (χ3n) is 4.96. The van der Waals surface area contributed by atoms with Gasteiger partial charge in [-0.1, -0.05) is 6.07 Å². The first kappa shape index (κ1) is 16.2. The van der Waals surface area contributed by atoms with Gasteiger partial charge in [-0.05, 0) is 24.3 Å². The minimum Gasteiger partial charge on any atom is -0.408 e. The van der Waals surface area contributed by atoms with E-state index in [-0.39, 0.29) is 5.82 Å². The predicted molar refractivity (Wildman–Crippen MR) is 99.1 cm³/mol. The summed E-state index contributed by atoms with van der Waals surface area (Å²) in [6.45, 7) is 4.37. The number of halogens is 1. The summed E-state index contributed by atoms with van der Waals surface area (Å²) in [6, 6.07) is 8.58. The first-order valence-corrected chi connectivity index (χ1v) is 8.90. The van der Waals surface area contributed by atoms with Crippen LogP contribution in [0.1, 0.15) is 5.69 Å². The van der Waals surface area contributed by atoms with Crippen molar-refractivity contribution >= 4 is 16.7 Å². The van der Waals surface area contributed by atoms with Crippen LogP contribution in [0.4, 0.5) is 4.39 Å². The average Bonchev–Trinajstić information content (AvgIpc) is 3.21. The lowest BCUT2D eigenvalue weighted by molar-refractivity contribution is 0.230. The Labute approximate surface area is 153 Å². The quantitative estimate of drug-likeness (QED) is 0.579. The Bertz CT molecular complexity index is 1190. The molecule has 0 amide bonds. The summed E-state index contributed by atoms with van der Waals surface area (Å²) in [7, 11) is 0. The molecule has 4 heterocycles. The van der Waals surface area contributed by atoms with Gasteiger partial charge in [-0.25, -0.2) is 14.2 Å².